The summed E-state index contributed by atoms with van der Waals surface area (Å²) in [7, 11) is 0. The van der Waals surface area contributed by atoms with Gasteiger partial charge in [-0.05, 0) is 51.0 Å². The number of benzene rings is 1. The van der Waals surface area contributed by atoms with Gasteiger partial charge in [0.05, 0.1) is 12.6 Å². The number of rotatable bonds is 5. The number of aliphatic hydroxyl groups is 1. The summed E-state index contributed by atoms with van der Waals surface area (Å²) in [5.41, 5.74) is 1.42. The van der Waals surface area contributed by atoms with E-state index in [1.807, 2.05) is 0 Å². The molecule has 3 N–H and O–H groups in total. The van der Waals surface area contributed by atoms with Gasteiger partial charge in [-0.15, -0.1) is 24.0 Å². The molecule has 3 rings (SSSR count). The Morgan fingerprint density at radius 2 is 1.81 bits per heavy atom. The lowest BCUT2D eigenvalue weighted by atomic mass is 9.74. The number of halogens is 1. The van der Waals surface area contributed by atoms with E-state index in [1.165, 1.54) is 5.56 Å². The monoisotopic (exact) mass is 487 g/mol. The second kappa shape index (κ2) is 11.2. The molecule has 1 heterocycles. The number of guanidine groups is 1. The van der Waals surface area contributed by atoms with E-state index in [2.05, 4.69) is 47.9 Å². The molecule has 0 aromatic heterocycles. The van der Waals surface area contributed by atoms with Crippen LogP contribution in [0.15, 0.2) is 35.3 Å². The minimum Gasteiger partial charge on any atom is -0.393 e. The molecule has 0 spiro atoms. The van der Waals surface area contributed by atoms with E-state index in [0.717, 1.165) is 70.8 Å². The van der Waals surface area contributed by atoms with Crippen LogP contribution in [0.25, 0.3) is 0 Å². The predicted octanol–water partition coefficient (Wildman–Crippen LogP) is 3.21. The summed E-state index contributed by atoms with van der Waals surface area (Å²) >= 11 is 0. The maximum atomic E-state index is 9.71. The Labute approximate surface area is 180 Å². The van der Waals surface area contributed by atoms with Crippen LogP contribution in [0.1, 0.15) is 51.0 Å². The molecule has 0 radical (unpaired) electrons. The summed E-state index contributed by atoms with van der Waals surface area (Å²) in [6.45, 7) is 5.32. The van der Waals surface area contributed by atoms with Crippen LogP contribution in [-0.2, 0) is 10.2 Å². The molecule has 1 saturated carbocycles. The van der Waals surface area contributed by atoms with Crippen LogP contribution in [0.4, 0.5) is 0 Å². The Bertz CT molecular complexity index is 568. The maximum Gasteiger partial charge on any atom is 0.191 e. The normalized spacial score (nSPS) is 25.3. The lowest BCUT2D eigenvalue weighted by Crippen LogP contribution is -2.46. The smallest absolute Gasteiger partial charge is 0.191 e. The van der Waals surface area contributed by atoms with Crippen LogP contribution in [0.5, 0.6) is 0 Å². The largest absolute Gasteiger partial charge is 0.393 e. The third-order valence-electron chi connectivity index (χ3n) is 5.76. The number of aliphatic imine (C=N–C) groups is 1. The van der Waals surface area contributed by atoms with Gasteiger partial charge in [-0.25, -0.2) is 0 Å². The van der Waals surface area contributed by atoms with Crippen molar-refractivity contribution < 1.29 is 9.84 Å². The van der Waals surface area contributed by atoms with Crippen molar-refractivity contribution in [3.63, 3.8) is 0 Å². The average molecular weight is 487 g/mol. The Morgan fingerprint density at radius 3 is 2.44 bits per heavy atom. The van der Waals surface area contributed by atoms with Crippen LogP contribution < -0.4 is 10.6 Å². The average Bonchev–Trinajstić information content (AvgIpc) is 2.69. The maximum absolute atomic E-state index is 9.71. The summed E-state index contributed by atoms with van der Waals surface area (Å²) < 4.78 is 5.63. The molecular weight excluding hydrogens is 453 g/mol. The van der Waals surface area contributed by atoms with Crippen LogP contribution >= 0.6 is 24.0 Å². The fourth-order valence-electron chi connectivity index (χ4n) is 4.06. The first kappa shape index (κ1) is 22.4. The van der Waals surface area contributed by atoms with E-state index in [0.29, 0.717) is 6.04 Å². The molecule has 1 aromatic carbocycles. The van der Waals surface area contributed by atoms with Gasteiger partial charge in [0.1, 0.15) is 0 Å². The van der Waals surface area contributed by atoms with Gasteiger partial charge in [0.25, 0.3) is 0 Å². The lowest BCUT2D eigenvalue weighted by Gasteiger charge is -2.37. The molecule has 0 atom stereocenters. The number of nitrogens with zero attached hydrogens (tertiary/aromatic N) is 1. The molecule has 5 nitrogen and oxygen atoms in total. The van der Waals surface area contributed by atoms with Crippen molar-refractivity contribution in [2.75, 3.05) is 26.3 Å². The van der Waals surface area contributed by atoms with Crippen LogP contribution in [0.2, 0.25) is 0 Å². The van der Waals surface area contributed by atoms with Crippen molar-refractivity contribution in [2.45, 2.75) is 63.0 Å². The molecule has 0 bridgehead atoms. The molecule has 2 aliphatic rings. The zero-order valence-electron chi connectivity index (χ0n) is 16.3. The Hall–Kier alpha value is -0.860. The topological polar surface area (TPSA) is 65.9 Å². The van der Waals surface area contributed by atoms with Gasteiger partial charge in [0.15, 0.2) is 5.96 Å². The number of aliphatic hydroxyl groups excluding tert-OH is 1. The molecule has 27 heavy (non-hydrogen) atoms. The van der Waals surface area contributed by atoms with Crippen molar-refractivity contribution in [3.05, 3.63) is 35.9 Å². The van der Waals surface area contributed by atoms with Crippen molar-refractivity contribution in [2.24, 2.45) is 4.99 Å². The van der Waals surface area contributed by atoms with Crippen LogP contribution in [0, 0.1) is 0 Å². The van der Waals surface area contributed by atoms with Crippen molar-refractivity contribution in [1.82, 2.24) is 10.6 Å². The molecule has 0 unspecified atom stereocenters. The molecule has 0 amide bonds. The quantitative estimate of drug-likeness (QED) is 0.339. The van der Waals surface area contributed by atoms with Crippen molar-refractivity contribution in [1.29, 1.82) is 0 Å². The molecule has 2 fully saturated rings. The van der Waals surface area contributed by atoms with Gasteiger partial charge >= 0.3 is 0 Å². The summed E-state index contributed by atoms with van der Waals surface area (Å²) in [6.07, 6.45) is 5.65. The van der Waals surface area contributed by atoms with E-state index in [-0.39, 0.29) is 35.5 Å². The van der Waals surface area contributed by atoms with Gasteiger partial charge < -0.3 is 20.5 Å². The van der Waals surface area contributed by atoms with Gasteiger partial charge in [-0.1, -0.05) is 30.3 Å². The van der Waals surface area contributed by atoms with Gasteiger partial charge in [-0.2, -0.15) is 0 Å². The van der Waals surface area contributed by atoms with Crippen molar-refractivity contribution in [3.8, 4) is 0 Å². The first-order valence-electron chi connectivity index (χ1n) is 10.1. The highest BCUT2D eigenvalue weighted by Gasteiger charge is 2.34. The Balaban J connectivity index is 0.00000261. The second-order valence-corrected chi connectivity index (χ2v) is 7.60. The van der Waals surface area contributed by atoms with E-state index < -0.39 is 0 Å². The van der Waals surface area contributed by atoms with Crippen LogP contribution in [-0.4, -0.2) is 49.5 Å². The van der Waals surface area contributed by atoms with E-state index in [9.17, 15) is 5.11 Å². The SMILES string of the molecule is CCNC(=NCC1(c2ccccc2)CCOCC1)NC1CCC(O)CC1.I. The molecule has 1 saturated heterocycles. The van der Waals surface area contributed by atoms with E-state index >= 15 is 0 Å². The standard InChI is InChI=1S/C21H33N3O2.HI/c1-2-22-20(24-18-8-10-19(25)11-9-18)23-16-21(12-14-26-15-13-21)17-6-4-3-5-7-17;/h3-7,18-19,25H,2,8-16H2,1H3,(H2,22,23,24);1H. The van der Waals surface area contributed by atoms with E-state index in [1.54, 1.807) is 0 Å². The minimum atomic E-state index is -0.129. The lowest BCUT2D eigenvalue weighted by molar-refractivity contribution is 0.0531. The summed E-state index contributed by atoms with van der Waals surface area (Å²) in [6, 6.07) is 11.2. The molecule has 1 aliphatic heterocycles. The Kier molecular flexibility index (Phi) is 9.32. The number of ether oxygens (including phenoxy) is 1. The Morgan fingerprint density at radius 1 is 1.15 bits per heavy atom. The third kappa shape index (κ3) is 6.32. The number of hydrogen-bond donors (Lipinski definition) is 3. The fourth-order valence-corrected chi connectivity index (χ4v) is 4.06. The predicted molar refractivity (Wildman–Crippen MR) is 121 cm³/mol. The minimum absolute atomic E-state index is 0. The summed E-state index contributed by atoms with van der Waals surface area (Å²) in [5.74, 6) is 0.899. The number of hydrogen-bond acceptors (Lipinski definition) is 3. The first-order chi connectivity index (χ1) is 12.7. The zero-order chi connectivity index (χ0) is 18.2. The summed E-state index contributed by atoms with van der Waals surface area (Å²) in [5, 5.41) is 16.7. The van der Waals surface area contributed by atoms with E-state index in [4.69, 9.17) is 9.73 Å². The molecule has 152 valence electrons. The van der Waals surface area contributed by atoms with Gasteiger partial charge in [0.2, 0.25) is 0 Å². The number of nitrogens with one attached hydrogen (secondary N) is 2. The third-order valence-corrected chi connectivity index (χ3v) is 5.76. The highest BCUT2D eigenvalue weighted by molar-refractivity contribution is 14.0. The highest BCUT2D eigenvalue weighted by atomic mass is 127. The molecule has 1 aliphatic carbocycles. The van der Waals surface area contributed by atoms with Crippen LogP contribution in [0.3, 0.4) is 0 Å². The molecule has 6 heteroatoms. The fraction of sp³-hybridized carbons (Fsp3) is 0.667. The molecule has 1 aromatic rings. The zero-order valence-corrected chi connectivity index (χ0v) is 18.7. The first-order valence-corrected chi connectivity index (χ1v) is 10.1. The van der Waals surface area contributed by atoms with Crippen molar-refractivity contribution >= 4 is 29.9 Å². The molecular formula is C21H34IN3O2. The van der Waals surface area contributed by atoms with Gasteiger partial charge in [0, 0.05) is 31.2 Å². The second-order valence-electron chi connectivity index (χ2n) is 7.60. The highest BCUT2D eigenvalue weighted by Crippen LogP contribution is 2.35. The van der Waals surface area contributed by atoms with Gasteiger partial charge in [-0.3, -0.25) is 4.99 Å². The summed E-state index contributed by atoms with van der Waals surface area (Å²) in [4.78, 5) is 4.98.